The molecule has 0 radical (unpaired) electrons. The van der Waals surface area contributed by atoms with Gasteiger partial charge >= 0.3 is 0 Å². The number of benzene rings is 1. The average molecular weight is 449 g/mol. The summed E-state index contributed by atoms with van der Waals surface area (Å²) in [5.41, 5.74) is 8.82. The van der Waals surface area contributed by atoms with Gasteiger partial charge in [-0.05, 0) is 31.2 Å². The fourth-order valence-corrected chi connectivity index (χ4v) is 5.26. The van der Waals surface area contributed by atoms with Crippen LogP contribution in [0.15, 0.2) is 18.2 Å². The van der Waals surface area contributed by atoms with Gasteiger partial charge in [0.2, 0.25) is 0 Å². The Morgan fingerprint density at radius 3 is 2.57 bits per heavy atom. The zero-order valence-corrected chi connectivity index (χ0v) is 18.7. The molecule has 6 nitrogen and oxygen atoms in total. The summed E-state index contributed by atoms with van der Waals surface area (Å²) in [4.78, 5) is 23.8. The summed E-state index contributed by atoms with van der Waals surface area (Å²) in [5, 5.41) is 10.9. The highest BCUT2D eigenvalue weighted by molar-refractivity contribution is 6.43. The van der Waals surface area contributed by atoms with Crippen LogP contribution in [0.4, 0.5) is 5.82 Å². The summed E-state index contributed by atoms with van der Waals surface area (Å²) in [6.45, 7) is 5.04. The SMILES string of the molecule is Cc1nc(N2CCC3(CC2)CC(=O)[C@@H](C)[C@@H]3N)c(CO)nc1-c1cccc(Cl)c1Cl. The second kappa shape index (κ2) is 8.08. The van der Waals surface area contributed by atoms with Gasteiger partial charge in [0.15, 0.2) is 5.82 Å². The zero-order valence-electron chi connectivity index (χ0n) is 17.2. The maximum Gasteiger partial charge on any atom is 0.153 e. The number of nitrogens with zero attached hydrogens (tertiary/aromatic N) is 3. The number of halogens is 2. The molecule has 0 unspecified atom stereocenters. The first-order chi connectivity index (χ1) is 14.3. The third kappa shape index (κ3) is 3.50. The maximum atomic E-state index is 12.2. The Labute approximate surface area is 186 Å². The van der Waals surface area contributed by atoms with Crippen LogP contribution in [0.2, 0.25) is 10.0 Å². The molecule has 8 heteroatoms. The molecule has 1 aromatic carbocycles. The van der Waals surface area contributed by atoms with Crippen molar-refractivity contribution in [3.63, 3.8) is 0 Å². The summed E-state index contributed by atoms with van der Waals surface area (Å²) >= 11 is 12.5. The van der Waals surface area contributed by atoms with Gasteiger partial charge in [0.1, 0.15) is 11.5 Å². The van der Waals surface area contributed by atoms with Crippen molar-refractivity contribution >= 4 is 34.8 Å². The van der Waals surface area contributed by atoms with Crippen LogP contribution in [0.1, 0.15) is 37.6 Å². The third-order valence-corrected chi connectivity index (χ3v) is 7.64. The van der Waals surface area contributed by atoms with Crippen LogP contribution < -0.4 is 10.6 Å². The number of ketones is 1. The number of anilines is 1. The number of carbonyl (C=O) groups excluding carboxylic acids is 1. The minimum Gasteiger partial charge on any atom is -0.390 e. The molecule has 2 fully saturated rings. The summed E-state index contributed by atoms with van der Waals surface area (Å²) in [6, 6.07) is 5.29. The van der Waals surface area contributed by atoms with Gasteiger partial charge in [-0.2, -0.15) is 0 Å². The van der Waals surface area contributed by atoms with Crippen molar-refractivity contribution in [3.05, 3.63) is 39.6 Å². The molecule has 0 amide bonds. The number of piperidine rings is 1. The van der Waals surface area contributed by atoms with E-state index in [0.717, 1.165) is 25.9 Å². The van der Waals surface area contributed by atoms with Crippen molar-refractivity contribution in [1.29, 1.82) is 0 Å². The maximum absolute atomic E-state index is 12.2. The average Bonchev–Trinajstić information content (AvgIpc) is 2.94. The van der Waals surface area contributed by atoms with Crippen molar-refractivity contribution in [1.82, 2.24) is 9.97 Å². The van der Waals surface area contributed by atoms with Gasteiger partial charge in [-0.3, -0.25) is 4.79 Å². The van der Waals surface area contributed by atoms with Crippen molar-refractivity contribution < 1.29 is 9.90 Å². The second-order valence-corrected chi connectivity index (χ2v) is 9.28. The third-order valence-electron chi connectivity index (χ3n) is 6.82. The summed E-state index contributed by atoms with van der Waals surface area (Å²) in [5.74, 6) is 0.872. The van der Waals surface area contributed by atoms with E-state index in [1.807, 2.05) is 26.0 Å². The molecule has 2 aliphatic rings. The van der Waals surface area contributed by atoms with Crippen molar-refractivity contribution in [2.75, 3.05) is 18.0 Å². The standard InChI is InChI=1S/C22H26Cl2N4O2/c1-12-17(30)10-22(20(12)25)6-8-28(9-7-22)21-16(11-29)27-19(13(2)26-21)14-4-3-5-15(23)18(14)24/h3-5,12,20,29H,6-11,25H2,1-2H3/t12-,20+/m1/s1. The Bertz CT molecular complexity index is 989. The topological polar surface area (TPSA) is 92.3 Å². The largest absolute Gasteiger partial charge is 0.390 e. The number of aryl methyl sites for hydroxylation is 1. The van der Waals surface area contributed by atoms with E-state index in [1.165, 1.54) is 0 Å². The van der Waals surface area contributed by atoms with Crippen LogP contribution in [-0.4, -0.2) is 40.0 Å². The van der Waals surface area contributed by atoms with Crippen LogP contribution >= 0.6 is 23.2 Å². The van der Waals surface area contributed by atoms with E-state index in [9.17, 15) is 9.90 Å². The number of aliphatic hydroxyl groups excluding tert-OH is 1. The van der Waals surface area contributed by atoms with Crippen LogP contribution in [0.3, 0.4) is 0 Å². The summed E-state index contributed by atoms with van der Waals surface area (Å²) < 4.78 is 0. The summed E-state index contributed by atoms with van der Waals surface area (Å²) in [6.07, 6.45) is 2.22. The second-order valence-electron chi connectivity index (χ2n) is 8.49. The molecule has 160 valence electrons. The van der Waals surface area contributed by atoms with Gasteiger partial charge in [-0.25, -0.2) is 9.97 Å². The molecular weight excluding hydrogens is 423 g/mol. The molecule has 1 aliphatic carbocycles. The lowest BCUT2D eigenvalue weighted by atomic mass is 9.73. The number of aliphatic hydroxyl groups is 1. The highest BCUT2D eigenvalue weighted by Gasteiger charge is 2.50. The van der Waals surface area contributed by atoms with Crippen LogP contribution in [-0.2, 0) is 11.4 Å². The van der Waals surface area contributed by atoms with E-state index in [-0.39, 0.29) is 29.8 Å². The Morgan fingerprint density at radius 2 is 1.97 bits per heavy atom. The van der Waals surface area contributed by atoms with E-state index in [0.29, 0.717) is 44.9 Å². The first-order valence-electron chi connectivity index (χ1n) is 10.2. The predicted molar refractivity (Wildman–Crippen MR) is 119 cm³/mol. The molecule has 1 aromatic heterocycles. The Kier molecular flexibility index (Phi) is 5.79. The lowest BCUT2D eigenvalue weighted by Gasteiger charge is -2.42. The Morgan fingerprint density at radius 1 is 1.27 bits per heavy atom. The molecule has 4 rings (SSSR count). The van der Waals surface area contributed by atoms with Crippen LogP contribution in [0.25, 0.3) is 11.3 Å². The van der Waals surface area contributed by atoms with Crippen molar-refractivity contribution in [2.24, 2.45) is 17.1 Å². The molecule has 0 bridgehead atoms. The van der Waals surface area contributed by atoms with E-state index in [1.54, 1.807) is 6.07 Å². The minimum absolute atomic E-state index is 0.0756. The number of Topliss-reactive ketones (excluding diaryl/α,β-unsaturated/α-hetero) is 1. The molecule has 1 spiro atoms. The molecule has 3 N–H and O–H groups in total. The zero-order chi connectivity index (χ0) is 21.6. The van der Waals surface area contributed by atoms with E-state index in [2.05, 4.69) is 4.90 Å². The fourth-order valence-electron chi connectivity index (χ4n) is 4.87. The number of carbonyl (C=O) groups is 1. The number of aromatic nitrogens is 2. The molecular formula is C22H26Cl2N4O2. The molecule has 1 saturated carbocycles. The van der Waals surface area contributed by atoms with Gasteiger partial charge in [0.25, 0.3) is 0 Å². The van der Waals surface area contributed by atoms with Crippen LogP contribution in [0.5, 0.6) is 0 Å². The van der Waals surface area contributed by atoms with E-state index < -0.39 is 0 Å². The summed E-state index contributed by atoms with van der Waals surface area (Å²) in [7, 11) is 0. The highest BCUT2D eigenvalue weighted by Crippen LogP contribution is 2.47. The quantitative estimate of drug-likeness (QED) is 0.741. The lowest BCUT2D eigenvalue weighted by Crippen LogP contribution is -2.48. The molecule has 2 heterocycles. The number of hydrogen-bond donors (Lipinski definition) is 2. The molecule has 1 aliphatic heterocycles. The van der Waals surface area contributed by atoms with Crippen LogP contribution in [0, 0.1) is 18.3 Å². The highest BCUT2D eigenvalue weighted by atomic mass is 35.5. The van der Waals surface area contributed by atoms with Gasteiger partial charge in [-0.1, -0.05) is 42.3 Å². The normalized spacial score (nSPS) is 23.4. The molecule has 1 saturated heterocycles. The first kappa shape index (κ1) is 21.5. The monoisotopic (exact) mass is 448 g/mol. The Balaban J connectivity index is 1.62. The smallest absolute Gasteiger partial charge is 0.153 e. The number of hydrogen-bond acceptors (Lipinski definition) is 6. The van der Waals surface area contributed by atoms with Gasteiger partial charge in [-0.15, -0.1) is 0 Å². The van der Waals surface area contributed by atoms with Gasteiger partial charge in [0.05, 0.1) is 28.0 Å². The van der Waals surface area contributed by atoms with Crippen molar-refractivity contribution in [3.8, 4) is 11.3 Å². The predicted octanol–water partition coefficient (Wildman–Crippen LogP) is 3.77. The molecule has 2 atom stereocenters. The lowest BCUT2D eigenvalue weighted by molar-refractivity contribution is -0.120. The van der Waals surface area contributed by atoms with E-state index >= 15 is 0 Å². The number of nitrogens with two attached hydrogens (primary N) is 1. The first-order valence-corrected chi connectivity index (χ1v) is 11.0. The number of rotatable bonds is 3. The van der Waals surface area contributed by atoms with Gasteiger partial charge in [0, 0.05) is 37.0 Å². The minimum atomic E-state index is -0.232. The molecule has 30 heavy (non-hydrogen) atoms. The van der Waals surface area contributed by atoms with Crippen molar-refractivity contribution in [2.45, 2.75) is 45.8 Å². The fraction of sp³-hybridized carbons (Fsp3) is 0.500. The van der Waals surface area contributed by atoms with E-state index in [4.69, 9.17) is 38.9 Å². The molecule has 2 aromatic rings. The Hall–Kier alpha value is -1.73. The van der Waals surface area contributed by atoms with Gasteiger partial charge < -0.3 is 15.7 Å².